The maximum atomic E-state index is 12.5. The molecule has 0 aromatic heterocycles. The molecule has 0 aliphatic carbocycles. The van der Waals surface area contributed by atoms with Crippen molar-refractivity contribution in [2.24, 2.45) is 0 Å². The first kappa shape index (κ1) is 19.2. The lowest BCUT2D eigenvalue weighted by Crippen LogP contribution is -2.53. The van der Waals surface area contributed by atoms with Gasteiger partial charge in [0.15, 0.2) is 11.5 Å². The zero-order valence-corrected chi connectivity index (χ0v) is 15.5. The van der Waals surface area contributed by atoms with Crippen molar-refractivity contribution in [3.63, 3.8) is 0 Å². The lowest BCUT2D eigenvalue weighted by Gasteiger charge is -2.30. The van der Waals surface area contributed by atoms with Crippen molar-refractivity contribution >= 4 is 5.91 Å². The van der Waals surface area contributed by atoms with E-state index in [-0.39, 0.29) is 5.91 Å². The lowest BCUT2D eigenvalue weighted by atomic mass is 10.0. The Balaban J connectivity index is 1.62. The van der Waals surface area contributed by atoms with E-state index in [1.807, 2.05) is 49.4 Å². The molecule has 0 saturated carbocycles. The molecule has 144 valence electrons. The van der Waals surface area contributed by atoms with Crippen LogP contribution >= 0.6 is 0 Å². The average molecular weight is 371 g/mol. The zero-order chi connectivity index (χ0) is 19.0. The van der Waals surface area contributed by atoms with Gasteiger partial charge in [0.1, 0.15) is 13.2 Å². The van der Waals surface area contributed by atoms with E-state index in [9.17, 15) is 4.79 Å². The molecule has 0 radical (unpaired) electrons. The normalized spacial score (nSPS) is 17.7. The van der Waals surface area contributed by atoms with E-state index in [1.54, 1.807) is 12.1 Å². The number of ether oxygens (including phenoxy) is 4. The highest BCUT2D eigenvalue weighted by Crippen LogP contribution is 2.26. The number of carbonyl (C=O) groups is 1. The predicted octanol–water partition coefficient (Wildman–Crippen LogP) is 2.68. The average Bonchev–Trinajstić information content (AvgIpc) is 2.70. The predicted molar refractivity (Wildman–Crippen MR) is 101 cm³/mol. The summed E-state index contributed by atoms with van der Waals surface area (Å²) in [7, 11) is 0. The molecule has 1 amide bonds. The van der Waals surface area contributed by atoms with Gasteiger partial charge in [-0.05, 0) is 31.2 Å². The molecule has 1 aliphatic rings. The molecule has 0 saturated heterocycles. The smallest absolute Gasteiger partial charge is 0.251 e. The zero-order valence-electron chi connectivity index (χ0n) is 15.5. The summed E-state index contributed by atoms with van der Waals surface area (Å²) in [5, 5.41) is 3.03. The molecule has 3 rings (SSSR count). The van der Waals surface area contributed by atoms with Gasteiger partial charge in [-0.1, -0.05) is 30.3 Å². The molecule has 0 unspecified atom stereocenters. The van der Waals surface area contributed by atoms with E-state index in [0.29, 0.717) is 56.7 Å². The molecule has 1 heterocycles. The lowest BCUT2D eigenvalue weighted by molar-refractivity contribution is 0.00349. The van der Waals surface area contributed by atoms with Gasteiger partial charge in [0.2, 0.25) is 0 Å². The van der Waals surface area contributed by atoms with E-state index >= 15 is 0 Å². The molecule has 2 aromatic rings. The van der Waals surface area contributed by atoms with Gasteiger partial charge in [-0.3, -0.25) is 4.79 Å². The van der Waals surface area contributed by atoms with Crippen LogP contribution in [-0.4, -0.2) is 51.1 Å². The van der Waals surface area contributed by atoms with Gasteiger partial charge in [0.25, 0.3) is 5.91 Å². The highest BCUT2D eigenvalue weighted by atomic mass is 16.6. The standard InChI is InChI=1S/C21H25NO5/c1-21(22-20(23)17-7-3-2-4-8-17)15-24-11-13-26-18-9-5-6-10-19(18)27-14-12-25-16-21/h2-10H,11-16H2,1H3,(H,22,23). The van der Waals surface area contributed by atoms with Gasteiger partial charge in [-0.2, -0.15) is 0 Å². The van der Waals surface area contributed by atoms with E-state index in [1.165, 1.54) is 0 Å². The van der Waals surface area contributed by atoms with Crippen LogP contribution in [0.15, 0.2) is 54.6 Å². The van der Waals surface area contributed by atoms with Crippen LogP contribution in [0.25, 0.3) is 0 Å². The number of amides is 1. The number of nitrogens with one attached hydrogen (secondary N) is 1. The van der Waals surface area contributed by atoms with Gasteiger partial charge in [0.05, 0.1) is 32.0 Å². The molecule has 0 spiro atoms. The van der Waals surface area contributed by atoms with Crippen LogP contribution in [0.1, 0.15) is 17.3 Å². The van der Waals surface area contributed by atoms with Crippen LogP contribution in [0, 0.1) is 0 Å². The second-order valence-corrected chi connectivity index (χ2v) is 6.63. The second kappa shape index (κ2) is 9.39. The van der Waals surface area contributed by atoms with Crippen molar-refractivity contribution in [3.8, 4) is 11.5 Å². The van der Waals surface area contributed by atoms with Gasteiger partial charge < -0.3 is 24.3 Å². The minimum Gasteiger partial charge on any atom is -0.487 e. The Morgan fingerprint density at radius 3 is 1.89 bits per heavy atom. The third-order valence-electron chi connectivity index (χ3n) is 4.11. The summed E-state index contributed by atoms with van der Waals surface area (Å²) in [6, 6.07) is 16.6. The highest BCUT2D eigenvalue weighted by Gasteiger charge is 2.28. The maximum absolute atomic E-state index is 12.5. The SMILES string of the molecule is CC1(NC(=O)c2ccccc2)COCCOc2ccccc2OCCOC1. The summed E-state index contributed by atoms with van der Waals surface area (Å²) in [4.78, 5) is 12.5. The van der Waals surface area contributed by atoms with E-state index in [0.717, 1.165) is 0 Å². The van der Waals surface area contributed by atoms with E-state index in [2.05, 4.69) is 5.32 Å². The summed E-state index contributed by atoms with van der Waals surface area (Å²) >= 11 is 0. The van der Waals surface area contributed by atoms with Crippen molar-refractivity contribution in [1.29, 1.82) is 0 Å². The molecule has 6 nitrogen and oxygen atoms in total. The third-order valence-corrected chi connectivity index (χ3v) is 4.11. The van der Waals surface area contributed by atoms with Gasteiger partial charge in [-0.25, -0.2) is 0 Å². The fourth-order valence-corrected chi connectivity index (χ4v) is 2.75. The first-order valence-electron chi connectivity index (χ1n) is 9.04. The van der Waals surface area contributed by atoms with Crippen LogP contribution in [0.3, 0.4) is 0 Å². The minimum absolute atomic E-state index is 0.158. The quantitative estimate of drug-likeness (QED) is 0.879. The van der Waals surface area contributed by atoms with Gasteiger partial charge in [0, 0.05) is 5.56 Å². The summed E-state index contributed by atoms with van der Waals surface area (Å²) < 4.78 is 23.0. The molecular weight excluding hydrogens is 346 g/mol. The van der Waals surface area contributed by atoms with Crippen molar-refractivity contribution in [1.82, 2.24) is 5.32 Å². The molecule has 1 N–H and O–H groups in total. The Morgan fingerprint density at radius 2 is 1.33 bits per heavy atom. The van der Waals surface area contributed by atoms with Crippen molar-refractivity contribution in [3.05, 3.63) is 60.2 Å². The maximum Gasteiger partial charge on any atom is 0.251 e. The fraction of sp³-hybridized carbons (Fsp3) is 0.381. The summed E-state index contributed by atoms with van der Waals surface area (Å²) in [5.41, 5.74) is -0.0582. The van der Waals surface area contributed by atoms with E-state index < -0.39 is 5.54 Å². The van der Waals surface area contributed by atoms with Crippen LogP contribution < -0.4 is 14.8 Å². The fourth-order valence-electron chi connectivity index (χ4n) is 2.75. The number of rotatable bonds is 2. The molecular formula is C21H25NO5. The largest absolute Gasteiger partial charge is 0.487 e. The Labute approximate surface area is 159 Å². The van der Waals surface area contributed by atoms with Gasteiger partial charge in [-0.15, -0.1) is 0 Å². The molecule has 1 aliphatic heterocycles. The number of benzene rings is 2. The highest BCUT2D eigenvalue weighted by molar-refractivity contribution is 5.94. The Bertz CT molecular complexity index is 701. The Hall–Kier alpha value is -2.57. The molecule has 0 atom stereocenters. The summed E-state index contributed by atoms with van der Waals surface area (Å²) in [6.07, 6.45) is 0. The van der Waals surface area contributed by atoms with Crippen LogP contribution in [0.2, 0.25) is 0 Å². The summed E-state index contributed by atoms with van der Waals surface area (Å²) in [5.74, 6) is 1.20. The topological polar surface area (TPSA) is 66.0 Å². The van der Waals surface area contributed by atoms with Crippen molar-refractivity contribution in [2.45, 2.75) is 12.5 Å². The minimum atomic E-state index is -0.659. The first-order chi connectivity index (χ1) is 13.2. The van der Waals surface area contributed by atoms with Crippen LogP contribution in [-0.2, 0) is 9.47 Å². The van der Waals surface area contributed by atoms with Crippen molar-refractivity contribution in [2.75, 3.05) is 39.6 Å². The van der Waals surface area contributed by atoms with Crippen LogP contribution in [0.5, 0.6) is 11.5 Å². The third kappa shape index (κ3) is 5.70. The molecule has 6 heteroatoms. The molecule has 0 bridgehead atoms. The van der Waals surface area contributed by atoms with Crippen LogP contribution in [0.4, 0.5) is 0 Å². The number of fused-ring (bicyclic) bond motifs is 1. The Kier molecular flexibility index (Phi) is 6.68. The van der Waals surface area contributed by atoms with Gasteiger partial charge >= 0.3 is 0 Å². The molecule has 2 aromatic carbocycles. The Morgan fingerprint density at radius 1 is 0.815 bits per heavy atom. The van der Waals surface area contributed by atoms with Crippen molar-refractivity contribution < 1.29 is 23.7 Å². The number of carbonyl (C=O) groups excluding carboxylic acids is 1. The van der Waals surface area contributed by atoms with E-state index in [4.69, 9.17) is 18.9 Å². The second-order valence-electron chi connectivity index (χ2n) is 6.63. The first-order valence-corrected chi connectivity index (χ1v) is 9.04. The monoisotopic (exact) mass is 371 g/mol. The number of hydrogen-bond donors (Lipinski definition) is 1. The summed E-state index contributed by atoms with van der Waals surface area (Å²) in [6.45, 7) is 4.11. The number of para-hydroxylation sites is 2. The molecule has 27 heavy (non-hydrogen) atoms. The molecule has 0 fully saturated rings. The number of hydrogen-bond acceptors (Lipinski definition) is 5.